The molecule has 0 aliphatic carbocycles. The van der Waals surface area contributed by atoms with E-state index in [2.05, 4.69) is 0 Å². The number of imide groups is 1. The smallest absolute Gasteiger partial charge is 0.343 e. The zero-order chi connectivity index (χ0) is 23.3. The summed E-state index contributed by atoms with van der Waals surface area (Å²) in [6.07, 6.45) is 1.49. The van der Waals surface area contributed by atoms with E-state index in [1.807, 2.05) is 0 Å². The summed E-state index contributed by atoms with van der Waals surface area (Å²) in [7, 11) is 1.41. The van der Waals surface area contributed by atoms with Gasteiger partial charge in [0.2, 0.25) is 0 Å². The van der Waals surface area contributed by atoms with Gasteiger partial charge in [0.25, 0.3) is 11.1 Å². The van der Waals surface area contributed by atoms with E-state index in [0.717, 1.165) is 16.7 Å². The summed E-state index contributed by atoms with van der Waals surface area (Å²) in [6, 6.07) is 10.9. The van der Waals surface area contributed by atoms with Crippen LogP contribution in [0.1, 0.15) is 22.8 Å². The third-order valence-electron chi connectivity index (χ3n) is 4.23. The Kier molecular flexibility index (Phi) is 7.55. The van der Waals surface area contributed by atoms with Crippen LogP contribution in [0.4, 0.5) is 4.79 Å². The molecular formula is C22H18ClNO7S. The fraction of sp³-hybridized carbons (Fsp3) is 0.182. The van der Waals surface area contributed by atoms with Crippen molar-refractivity contribution in [2.45, 2.75) is 6.92 Å². The van der Waals surface area contributed by atoms with E-state index in [4.69, 9.17) is 25.8 Å². The molecule has 0 atom stereocenters. The highest BCUT2D eigenvalue weighted by atomic mass is 35.5. The number of hydrogen-bond donors (Lipinski definition) is 0. The molecule has 8 nitrogen and oxygen atoms in total. The van der Waals surface area contributed by atoms with Gasteiger partial charge in [-0.1, -0.05) is 17.7 Å². The molecule has 0 spiro atoms. The Morgan fingerprint density at radius 2 is 1.81 bits per heavy atom. The van der Waals surface area contributed by atoms with Crippen molar-refractivity contribution in [3.63, 3.8) is 0 Å². The summed E-state index contributed by atoms with van der Waals surface area (Å²) in [5.74, 6) is -1.41. The second kappa shape index (κ2) is 10.3. The minimum Gasteiger partial charge on any atom is -0.493 e. The van der Waals surface area contributed by atoms with E-state index in [0.29, 0.717) is 16.1 Å². The lowest BCUT2D eigenvalue weighted by molar-refractivity contribution is -0.145. The first-order valence-electron chi connectivity index (χ1n) is 9.39. The minimum absolute atomic E-state index is 0.146. The zero-order valence-corrected chi connectivity index (χ0v) is 18.7. The Balaban J connectivity index is 1.77. The first kappa shape index (κ1) is 23.4. The second-order valence-electron chi connectivity index (χ2n) is 6.38. The normalized spacial score (nSPS) is 14.6. The molecule has 0 bridgehead atoms. The molecule has 0 unspecified atom stereocenters. The second-order valence-corrected chi connectivity index (χ2v) is 7.81. The van der Waals surface area contributed by atoms with Gasteiger partial charge >= 0.3 is 11.9 Å². The summed E-state index contributed by atoms with van der Waals surface area (Å²) in [5, 5.41) is -0.0649. The number of halogens is 1. The number of thioether (sulfide) groups is 1. The molecule has 32 heavy (non-hydrogen) atoms. The molecule has 1 aliphatic rings. The van der Waals surface area contributed by atoms with Gasteiger partial charge in [0.05, 0.1) is 24.2 Å². The first-order valence-corrected chi connectivity index (χ1v) is 10.6. The quantitative estimate of drug-likeness (QED) is 0.334. The molecule has 1 heterocycles. The van der Waals surface area contributed by atoms with Crippen LogP contribution >= 0.6 is 23.4 Å². The number of rotatable bonds is 7. The van der Waals surface area contributed by atoms with Gasteiger partial charge in [-0.05, 0) is 66.7 Å². The van der Waals surface area contributed by atoms with Crippen LogP contribution in [0.5, 0.6) is 11.5 Å². The summed E-state index contributed by atoms with van der Waals surface area (Å²) in [6.45, 7) is 1.34. The van der Waals surface area contributed by atoms with Crippen LogP contribution in [0.3, 0.4) is 0 Å². The van der Waals surface area contributed by atoms with E-state index in [1.54, 1.807) is 31.2 Å². The van der Waals surface area contributed by atoms with Gasteiger partial charge in [0, 0.05) is 5.02 Å². The molecule has 0 radical (unpaired) electrons. The number of carbonyl (C=O) groups excluding carboxylic acids is 4. The number of esters is 2. The number of methoxy groups -OCH3 is 1. The number of hydrogen-bond acceptors (Lipinski definition) is 8. The van der Waals surface area contributed by atoms with Crippen molar-refractivity contribution in [3.8, 4) is 11.5 Å². The van der Waals surface area contributed by atoms with Crippen molar-refractivity contribution >= 4 is 52.5 Å². The topological polar surface area (TPSA) is 99.2 Å². The van der Waals surface area contributed by atoms with E-state index >= 15 is 0 Å². The number of carbonyl (C=O) groups is 4. The zero-order valence-electron chi connectivity index (χ0n) is 17.1. The van der Waals surface area contributed by atoms with E-state index in [-0.39, 0.29) is 23.0 Å². The lowest BCUT2D eigenvalue weighted by Gasteiger charge is -2.11. The van der Waals surface area contributed by atoms with Crippen molar-refractivity contribution in [2.75, 3.05) is 20.3 Å². The van der Waals surface area contributed by atoms with Crippen LogP contribution in [0.25, 0.3) is 6.08 Å². The van der Waals surface area contributed by atoms with Crippen LogP contribution in [-0.4, -0.2) is 48.2 Å². The van der Waals surface area contributed by atoms with E-state index in [9.17, 15) is 19.2 Å². The van der Waals surface area contributed by atoms with E-state index in [1.165, 1.54) is 31.4 Å². The molecule has 2 aromatic carbocycles. The van der Waals surface area contributed by atoms with Crippen molar-refractivity contribution in [1.82, 2.24) is 4.90 Å². The fourth-order valence-electron chi connectivity index (χ4n) is 2.73. The monoisotopic (exact) mass is 475 g/mol. The maximum atomic E-state index is 12.5. The fourth-order valence-corrected chi connectivity index (χ4v) is 3.69. The molecular weight excluding hydrogens is 458 g/mol. The Morgan fingerprint density at radius 1 is 1.09 bits per heavy atom. The van der Waals surface area contributed by atoms with Gasteiger partial charge < -0.3 is 14.2 Å². The molecule has 1 fully saturated rings. The van der Waals surface area contributed by atoms with Crippen molar-refractivity contribution in [1.29, 1.82) is 0 Å². The highest BCUT2D eigenvalue weighted by Crippen LogP contribution is 2.34. The Hall–Kier alpha value is -3.30. The van der Waals surface area contributed by atoms with Gasteiger partial charge in [-0.15, -0.1) is 0 Å². The van der Waals surface area contributed by atoms with Crippen molar-refractivity contribution in [3.05, 3.63) is 63.5 Å². The lowest BCUT2D eigenvalue weighted by Crippen LogP contribution is -2.34. The molecule has 1 aliphatic heterocycles. The third-order valence-corrected chi connectivity index (χ3v) is 5.39. The standard InChI is InChI=1S/C22H18ClNO7S/c1-3-30-19(25)12-24-20(26)18(32-22(24)28)11-13-4-9-16(17(10-13)29-2)31-21(27)14-5-7-15(23)8-6-14/h4-11H,3,12H2,1-2H3/b18-11-. The number of benzene rings is 2. The molecule has 10 heteroatoms. The highest BCUT2D eigenvalue weighted by Gasteiger charge is 2.36. The first-order chi connectivity index (χ1) is 15.3. The van der Waals surface area contributed by atoms with E-state index < -0.39 is 29.6 Å². The van der Waals surface area contributed by atoms with Crippen molar-refractivity contribution < 1.29 is 33.4 Å². The molecule has 166 valence electrons. The number of amides is 2. The summed E-state index contributed by atoms with van der Waals surface area (Å²) < 4.78 is 15.5. The average molecular weight is 476 g/mol. The lowest BCUT2D eigenvalue weighted by atomic mass is 10.1. The molecule has 1 saturated heterocycles. The summed E-state index contributed by atoms with van der Waals surface area (Å²) in [5.41, 5.74) is 0.852. The maximum absolute atomic E-state index is 12.5. The Labute approximate surface area is 193 Å². The maximum Gasteiger partial charge on any atom is 0.343 e. The molecule has 3 rings (SSSR count). The largest absolute Gasteiger partial charge is 0.493 e. The summed E-state index contributed by atoms with van der Waals surface area (Å²) >= 11 is 6.55. The summed E-state index contributed by atoms with van der Waals surface area (Å²) in [4.78, 5) is 49.6. The molecule has 0 N–H and O–H groups in total. The molecule has 0 aromatic heterocycles. The van der Waals surface area contributed by atoms with Crippen LogP contribution in [0, 0.1) is 0 Å². The Morgan fingerprint density at radius 3 is 2.47 bits per heavy atom. The third kappa shape index (κ3) is 5.49. The Bertz CT molecular complexity index is 1100. The number of ether oxygens (including phenoxy) is 3. The van der Waals surface area contributed by atoms with Gasteiger partial charge in [-0.2, -0.15) is 0 Å². The van der Waals surface area contributed by atoms with Gasteiger partial charge in [0.15, 0.2) is 11.5 Å². The van der Waals surface area contributed by atoms with Crippen LogP contribution < -0.4 is 9.47 Å². The SMILES string of the molecule is CCOC(=O)CN1C(=O)S/C(=C\c2ccc(OC(=O)c3ccc(Cl)cc3)c(OC)c2)C1=O. The average Bonchev–Trinajstić information content (AvgIpc) is 3.02. The highest BCUT2D eigenvalue weighted by molar-refractivity contribution is 8.18. The minimum atomic E-state index is -0.662. The van der Waals surface area contributed by atoms with Crippen LogP contribution in [0.15, 0.2) is 47.4 Å². The predicted octanol–water partition coefficient (Wildman–Crippen LogP) is 4.17. The number of nitrogens with zero attached hydrogens (tertiary/aromatic N) is 1. The molecule has 2 aromatic rings. The van der Waals surface area contributed by atoms with Crippen LogP contribution in [0.2, 0.25) is 5.02 Å². The van der Waals surface area contributed by atoms with Gasteiger partial charge in [-0.3, -0.25) is 19.3 Å². The van der Waals surface area contributed by atoms with Gasteiger partial charge in [0.1, 0.15) is 6.54 Å². The van der Waals surface area contributed by atoms with Crippen LogP contribution in [-0.2, 0) is 14.3 Å². The predicted molar refractivity (Wildman–Crippen MR) is 119 cm³/mol. The molecule has 0 saturated carbocycles. The molecule has 2 amide bonds. The van der Waals surface area contributed by atoms with Gasteiger partial charge in [-0.25, -0.2) is 4.79 Å². The van der Waals surface area contributed by atoms with Crippen molar-refractivity contribution in [2.24, 2.45) is 0 Å².